The molecule has 0 saturated heterocycles. The largest absolute Gasteiger partial charge is 0.480 e. The van der Waals surface area contributed by atoms with Crippen LogP contribution >= 0.6 is 0 Å². The van der Waals surface area contributed by atoms with Crippen LogP contribution in [0.15, 0.2) is 12.1 Å². The fourth-order valence-corrected chi connectivity index (χ4v) is 2.25. The lowest BCUT2D eigenvalue weighted by Crippen LogP contribution is -2.46. The molecular formula is C15H21F2NO2. The van der Waals surface area contributed by atoms with E-state index in [0.29, 0.717) is 0 Å². The minimum atomic E-state index is -1.00. The number of carbonyl (C=O) groups is 1. The second-order valence-corrected chi connectivity index (χ2v) is 5.99. The smallest absolute Gasteiger partial charge is 0.317 e. The highest BCUT2D eigenvalue weighted by Gasteiger charge is 2.30. The third kappa shape index (κ3) is 3.76. The Bertz CT molecular complexity index is 509. The number of nitrogens with zero attached hydrogens (tertiary/aromatic N) is 1. The zero-order valence-electron chi connectivity index (χ0n) is 12.5. The molecular weight excluding hydrogens is 264 g/mol. The topological polar surface area (TPSA) is 40.5 Å². The molecule has 0 aliphatic heterocycles. The maximum Gasteiger partial charge on any atom is 0.317 e. The van der Waals surface area contributed by atoms with Gasteiger partial charge in [-0.2, -0.15) is 0 Å². The number of hydrogen-bond donors (Lipinski definition) is 1. The van der Waals surface area contributed by atoms with Gasteiger partial charge in [0.25, 0.3) is 0 Å². The minimum Gasteiger partial charge on any atom is -0.480 e. The van der Waals surface area contributed by atoms with Gasteiger partial charge < -0.3 is 5.11 Å². The molecule has 0 aliphatic carbocycles. The van der Waals surface area contributed by atoms with Gasteiger partial charge in [-0.3, -0.25) is 9.69 Å². The first-order valence-corrected chi connectivity index (χ1v) is 6.48. The molecule has 0 bridgehead atoms. The van der Waals surface area contributed by atoms with Gasteiger partial charge in [0.15, 0.2) is 0 Å². The second-order valence-electron chi connectivity index (χ2n) is 5.99. The first-order valence-electron chi connectivity index (χ1n) is 6.48. The molecule has 0 spiro atoms. The van der Waals surface area contributed by atoms with E-state index in [4.69, 9.17) is 5.11 Å². The second kappa shape index (κ2) is 5.87. The zero-order valence-corrected chi connectivity index (χ0v) is 12.5. The molecule has 0 heterocycles. The fourth-order valence-electron chi connectivity index (χ4n) is 2.25. The van der Waals surface area contributed by atoms with Crippen molar-refractivity contribution in [2.45, 2.75) is 46.2 Å². The molecule has 1 rings (SSSR count). The predicted molar refractivity (Wildman–Crippen MR) is 73.6 cm³/mol. The summed E-state index contributed by atoms with van der Waals surface area (Å²) in [5.41, 5.74) is -0.0747. The van der Waals surface area contributed by atoms with Crippen LogP contribution in [-0.2, 0) is 4.79 Å². The lowest BCUT2D eigenvalue weighted by atomic mass is 9.97. The lowest BCUT2D eigenvalue weighted by molar-refractivity contribution is -0.140. The maximum absolute atomic E-state index is 14.0. The van der Waals surface area contributed by atoms with Gasteiger partial charge in [-0.1, -0.05) is 0 Å². The van der Waals surface area contributed by atoms with Crippen molar-refractivity contribution < 1.29 is 18.7 Å². The van der Waals surface area contributed by atoms with E-state index in [1.165, 1.54) is 6.92 Å². The van der Waals surface area contributed by atoms with E-state index in [2.05, 4.69) is 0 Å². The standard InChI is InChI=1S/C15H21F2NO2/c1-9-6-13(17)11(7-12(9)16)10(2)18(8-14(19)20)15(3,4)5/h6-7,10H,8H2,1-5H3,(H,19,20). The minimum absolute atomic E-state index is 0.171. The monoisotopic (exact) mass is 285 g/mol. The fraction of sp³-hybridized carbons (Fsp3) is 0.533. The molecule has 20 heavy (non-hydrogen) atoms. The molecule has 0 aromatic heterocycles. The molecule has 1 atom stereocenters. The van der Waals surface area contributed by atoms with Gasteiger partial charge in [0.2, 0.25) is 0 Å². The van der Waals surface area contributed by atoms with Gasteiger partial charge >= 0.3 is 5.97 Å². The van der Waals surface area contributed by atoms with Crippen LogP contribution in [-0.4, -0.2) is 28.1 Å². The molecule has 112 valence electrons. The van der Waals surface area contributed by atoms with Crippen molar-refractivity contribution in [3.8, 4) is 0 Å². The average molecular weight is 285 g/mol. The normalized spacial score (nSPS) is 13.6. The molecule has 1 N–H and O–H groups in total. The van der Waals surface area contributed by atoms with Gasteiger partial charge in [-0.25, -0.2) is 8.78 Å². The van der Waals surface area contributed by atoms with E-state index in [1.54, 1.807) is 11.8 Å². The van der Waals surface area contributed by atoms with Gasteiger partial charge in [-0.05, 0) is 52.3 Å². The molecule has 0 saturated carbocycles. The predicted octanol–water partition coefficient (Wildman–Crippen LogP) is 3.52. The van der Waals surface area contributed by atoms with Gasteiger partial charge in [0.1, 0.15) is 11.6 Å². The van der Waals surface area contributed by atoms with Crippen molar-refractivity contribution in [1.29, 1.82) is 0 Å². The van der Waals surface area contributed by atoms with Crippen LogP contribution in [0, 0.1) is 18.6 Å². The van der Waals surface area contributed by atoms with Gasteiger partial charge in [0, 0.05) is 17.1 Å². The molecule has 0 radical (unpaired) electrons. The van der Waals surface area contributed by atoms with E-state index in [-0.39, 0.29) is 17.7 Å². The number of carboxylic acid groups (broad SMARTS) is 1. The Hall–Kier alpha value is -1.49. The van der Waals surface area contributed by atoms with Crippen LogP contribution in [0.1, 0.15) is 44.9 Å². The van der Waals surface area contributed by atoms with E-state index in [9.17, 15) is 13.6 Å². The Balaban J connectivity index is 3.22. The van der Waals surface area contributed by atoms with Crippen molar-refractivity contribution in [2.75, 3.05) is 6.54 Å². The SMILES string of the molecule is Cc1cc(F)c(C(C)N(CC(=O)O)C(C)(C)C)cc1F. The maximum atomic E-state index is 14.0. The number of carboxylic acids is 1. The van der Waals surface area contributed by atoms with E-state index in [1.807, 2.05) is 20.8 Å². The van der Waals surface area contributed by atoms with Crippen LogP contribution in [0.2, 0.25) is 0 Å². The first kappa shape index (κ1) is 16.6. The van der Waals surface area contributed by atoms with Crippen molar-refractivity contribution in [3.63, 3.8) is 0 Å². The molecule has 3 nitrogen and oxygen atoms in total. The van der Waals surface area contributed by atoms with Crippen LogP contribution in [0.25, 0.3) is 0 Å². The summed E-state index contributed by atoms with van der Waals surface area (Å²) >= 11 is 0. The molecule has 5 heteroatoms. The van der Waals surface area contributed by atoms with Crippen molar-refractivity contribution >= 4 is 5.97 Å². The first-order chi connectivity index (χ1) is 9.04. The van der Waals surface area contributed by atoms with Crippen LogP contribution in [0.3, 0.4) is 0 Å². The Morgan fingerprint density at radius 2 is 1.85 bits per heavy atom. The van der Waals surface area contributed by atoms with Gasteiger partial charge in [0.05, 0.1) is 6.54 Å². The van der Waals surface area contributed by atoms with E-state index < -0.39 is 29.2 Å². The van der Waals surface area contributed by atoms with Crippen molar-refractivity contribution in [2.24, 2.45) is 0 Å². The van der Waals surface area contributed by atoms with Crippen LogP contribution in [0.4, 0.5) is 8.78 Å². The number of halogens is 2. The third-order valence-corrected chi connectivity index (χ3v) is 3.36. The lowest BCUT2D eigenvalue weighted by Gasteiger charge is -2.39. The van der Waals surface area contributed by atoms with Crippen LogP contribution < -0.4 is 0 Å². The molecule has 1 aromatic carbocycles. The number of benzene rings is 1. The number of aryl methyl sites for hydroxylation is 1. The third-order valence-electron chi connectivity index (χ3n) is 3.36. The average Bonchev–Trinajstić information content (AvgIpc) is 2.28. The highest BCUT2D eigenvalue weighted by Crippen LogP contribution is 2.30. The molecule has 0 aliphatic rings. The molecule has 0 fully saturated rings. The van der Waals surface area contributed by atoms with Crippen LogP contribution in [0.5, 0.6) is 0 Å². The molecule has 0 amide bonds. The zero-order chi connectivity index (χ0) is 15.7. The highest BCUT2D eigenvalue weighted by atomic mass is 19.1. The Kier molecular flexibility index (Phi) is 4.86. The highest BCUT2D eigenvalue weighted by molar-refractivity contribution is 5.69. The summed E-state index contributed by atoms with van der Waals surface area (Å²) in [4.78, 5) is 12.6. The Morgan fingerprint density at radius 3 is 2.30 bits per heavy atom. The van der Waals surface area contributed by atoms with E-state index >= 15 is 0 Å². The molecule has 1 unspecified atom stereocenters. The Labute approximate surface area is 118 Å². The number of hydrogen-bond acceptors (Lipinski definition) is 2. The summed E-state index contributed by atoms with van der Waals surface area (Å²) in [6.45, 7) is 8.46. The summed E-state index contributed by atoms with van der Waals surface area (Å²) in [5.74, 6) is -2.01. The number of aliphatic carboxylic acids is 1. The van der Waals surface area contributed by atoms with Gasteiger partial charge in [-0.15, -0.1) is 0 Å². The molecule has 1 aromatic rings. The number of rotatable bonds is 4. The van der Waals surface area contributed by atoms with Crippen molar-refractivity contribution in [3.05, 3.63) is 34.9 Å². The Morgan fingerprint density at radius 1 is 1.30 bits per heavy atom. The van der Waals surface area contributed by atoms with Crippen molar-refractivity contribution in [1.82, 2.24) is 4.90 Å². The quantitative estimate of drug-likeness (QED) is 0.920. The summed E-state index contributed by atoms with van der Waals surface area (Å²) in [6.07, 6.45) is 0. The summed E-state index contributed by atoms with van der Waals surface area (Å²) in [5, 5.41) is 9.00. The van der Waals surface area contributed by atoms with E-state index in [0.717, 1.165) is 12.1 Å². The summed E-state index contributed by atoms with van der Waals surface area (Å²) in [7, 11) is 0. The summed E-state index contributed by atoms with van der Waals surface area (Å²) in [6, 6.07) is 1.75. The summed E-state index contributed by atoms with van der Waals surface area (Å²) < 4.78 is 27.7.